The Morgan fingerprint density at radius 1 is 1.05 bits per heavy atom. The van der Waals surface area contributed by atoms with Gasteiger partial charge in [0.25, 0.3) is 0 Å². The number of fused-ring (bicyclic) bond motifs is 1. The lowest BCUT2D eigenvalue weighted by atomic mass is 10.1. The Morgan fingerprint density at radius 2 is 1.76 bits per heavy atom. The molecule has 3 rings (SSSR count). The second-order valence-corrected chi connectivity index (χ2v) is 11.0. The van der Waals surface area contributed by atoms with Crippen LogP contribution in [0, 0.1) is 6.92 Å². The van der Waals surface area contributed by atoms with Gasteiger partial charge in [-0.15, -0.1) is 0 Å². The first-order valence-corrected chi connectivity index (χ1v) is 14.5. The van der Waals surface area contributed by atoms with Crippen molar-refractivity contribution in [2.24, 2.45) is 0 Å². The molecular weight excluding hydrogens is 494 g/mol. The van der Waals surface area contributed by atoms with Crippen molar-refractivity contribution >= 4 is 27.5 Å². The third-order valence-electron chi connectivity index (χ3n) is 6.31. The molecule has 0 aromatic heterocycles. The summed E-state index contributed by atoms with van der Waals surface area (Å²) in [7, 11) is -3.84. The molecule has 0 bridgehead atoms. The van der Waals surface area contributed by atoms with E-state index in [1.165, 1.54) is 4.90 Å². The van der Waals surface area contributed by atoms with Crippen molar-refractivity contribution in [2.75, 3.05) is 36.9 Å². The Morgan fingerprint density at radius 3 is 2.41 bits per heavy atom. The molecular formula is C27H37N3O6S. The molecule has 1 atom stereocenters. The van der Waals surface area contributed by atoms with Crippen LogP contribution in [0.4, 0.5) is 5.69 Å². The quantitative estimate of drug-likeness (QED) is 0.422. The summed E-state index contributed by atoms with van der Waals surface area (Å²) in [5.41, 5.74) is 2.16. The van der Waals surface area contributed by atoms with E-state index in [0.29, 0.717) is 37.7 Å². The highest BCUT2D eigenvalue weighted by atomic mass is 32.2. The van der Waals surface area contributed by atoms with E-state index >= 15 is 0 Å². The maximum Gasteiger partial charge on any atom is 0.244 e. The number of carbonyl (C=O) groups excluding carboxylic acids is 2. The highest BCUT2D eigenvalue weighted by Gasteiger charge is 2.32. The second kappa shape index (κ2) is 12.8. The van der Waals surface area contributed by atoms with Crippen LogP contribution in [0.1, 0.15) is 44.2 Å². The Kier molecular flexibility index (Phi) is 9.79. The molecule has 1 heterocycles. The molecule has 1 aliphatic heterocycles. The van der Waals surface area contributed by atoms with Crippen LogP contribution in [0.15, 0.2) is 42.5 Å². The van der Waals surface area contributed by atoms with E-state index in [1.54, 1.807) is 18.2 Å². The van der Waals surface area contributed by atoms with E-state index in [0.717, 1.165) is 34.5 Å². The van der Waals surface area contributed by atoms with Crippen molar-refractivity contribution < 1.29 is 27.5 Å². The largest absolute Gasteiger partial charge is 0.486 e. The van der Waals surface area contributed by atoms with Gasteiger partial charge in [-0.05, 0) is 43.0 Å². The van der Waals surface area contributed by atoms with Crippen LogP contribution in [0.3, 0.4) is 0 Å². The second-order valence-electron chi connectivity index (χ2n) is 9.11. The van der Waals surface area contributed by atoms with Crippen LogP contribution < -0.4 is 19.1 Å². The fourth-order valence-electron chi connectivity index (χ4n) is 4.20. The maximum atomic E-state index is 13.8. The molecule has 9 nitrogen and oxygen atoms in total. The van der Waals surface area contributed by atoms with Crippen LogP contribution in [-0.2, 0) is 26.2 Å². The van der Waals surface area contributed by atoms with Gasteiger partial charge in [0.2, 0.25) is 21.8 Å². The highest BCUT2D eigenvalue weighted by molar-refractivity contribution is 7.92. The van der Waals surface area contributed by atoms with Crippen molar-refractivity contribution in [2.45, 2.75) is 52.6 Å². The van der Waals surface area contributed by atoms with Gasteiger partial charge in [-0.1, -0.05) is 44.5 Å². The minimum absolute atomic E-state index is 0.184. The van der Waals surface area contributed by atoms with Gasteiger partial charge in [0.15, 0.2) is 11.5 Å². The predicted molar refractivity (Wildman–Crippen MR) is 143 cm³/mol. The number of ether oxygens (including phenoxy) is 2. The first kappa shape index (κ1) is 28.3. The number of aryl methyl sites for hydroxylation is 1. The molecule has 0 unspecified atom stereocenters. The Labute approximate surface area is 219 Å². The van der Waals surface area contributed by atoms with Crippen LogP contribution in [0.25, 0.3) is 0 Å². The first-order valence-electron chi connectivity index (χ1n) is 12.6. The smallest absolute Gasteiger partial charge is 0.244 e. The number of carbonyl (C=O) groups is 2. The normalized spacial score (nSPS) is 13.5. The lowest BCUT2D eigenvalue weighted by molar-refractivity contribution is -0.140. The summed E-state index contributed by atoms with van der Waals surface area (Å²) in [5.74, 6) is 0.221. The summed E-state index contributed by atoms with van der Waals surface area (Å²) in [6.07, 6.45) is 3.21. The average Bonchev–Trinajstić information content (AvgIpc) is 2.87. The predicted octanol–water partition coefficient (Wildman–Crippen LogP) is 3.26. The summed E-state index contributed by atoms with van der Waals surface area (Å²) in [6.45, 7) is 6.83. The molecule has 1 aliphatic rings. The number of benzene rings is 2. The van der Waals surface area contributed by atoms with Crippen LogP contribution >= 0.6 is 0 Å². The molecule has 37 heavy (non-hydrogen) atoms. The third-order valence-corrected chi connectivity index (χ3v) is 7.45. The van der Waals surface area contributed by atoms with Crippen LogP contribution in [0.2, 0.25) is 0 Å². The number of nitrogens with zero attached hydrogens (tertiary/aromatic N) is 2. The Bertz CT molecular complexity index is 1200. The zero-order valence-electron chi connectivity index (χ0n) is 22.0. The number of sulfonamides is 1. The first-order chi connectivity index (χ1) is 17.7. The number of nitrogens with one attached hydrogen (secondary N) is 1. The average molecular weight is 532 g/mol. The molecule has 0 saturated heterocycles. The van der Waals surface area contributed by atoms with E-state index in [1.807, 2.05) is 45.0 Å². The zero-order valence-corrected chi connectivity index (χ0v) is 22.8. The minimum atomic E-state index is -3.84. The fourth-order valence-corrected chi connectivity index (χ4v) is 5.04. The fraction of sp³-hybridized carbons (Fsp3) is 0.481. The molecule has 0 radical (unpaired) electrons. The monoisotopic (exact) mass is 531 g/mol. The number of unbranched alkanes of at least 4 members (excludes halogenated alkanes) is 1. The van der Waals surface area contributed by atoms with Gasteiger partial charge >= 0.3 is 0 Å². The number of rotatable bonds is 12. The van der Waals surface area contributed by atoms with Crippen molar-refractivity contribution in [1.82, 2.24) is 10.2 Å². The third kappa shape index (κ3) is 7.38. The molecule has 202 valence electrons. The SMILES string of the molecule is CCCCNC(=O)[C@@H](CC)N(Cc1ccccc1C)C(=O)CN(c1ccc2c(c1)OCCO2)S(C)(=O)=O. The van der Waals surface area contributed by atoms with Crippen molar-refractivity contribution in [3.63, 3.8) is 0 Å². The standard InChI is InChI=1S/C27H37N3O6S/c1-5-7-14-28-27(32)23(6-2)29(18-21-11-9-8-10-20(21)3)26(31)19-30(37(4,33)34)22-12-13-24-25(17-22)36-16-15-35-24/h8-13,17,23H,5-7,14-16,18-19H2,1-4H3,(H,28,32)/t23-/m1/s1. The maximum absolute atomic E-state index is 13.8. The Balaban J connectivity index is 1.93. The van der Waals surface area contributed by atoms with E-state index in [9.17, 15) is 18.0 Å². The van der Waals surface area contributed by atoms with E-state index in [4.69, 9.17) is 9.47 Å². The van der Waals surface area contributed by atoms with Crippen molar-refractivity contribution in [3.8, 4) is 11.5 Å². The molecule has 0 fully saturated rings. The summed E-state index contributed by atoms with van der Waals surface area (Å²) >= 11 is 0. The molecule has 2 aromatic rings. The summed E-state index contributed by atoms with van der Waals surface area (Å²) in [4.78, 5) is 28.4. The van der Waals surface area contributed by atoms with E-state index in [2.05, 4.69) is 5.32 Å². The molecule has 10 heteroatoms. The Hall–Kier alpha value is -3.27. The molecule has 1 N–H and O–H groups in total. The zero-order chi connectivity index (χ0) is 27.0. The van der Waals surface area contributed by atoms with Gasteiger partial charge in [-0.25, -0.2) is 8.42 Å². The minimum Gasteiger partial charge on any atom is -0.486 e. The lowest BCUT2D eigenvalue weighted by Gasteiger charge is -2.33. The topological polar surface area (TPSA) is 105 Å². The summed E-state index contributed by atoms with van der Waals surface area (Å²) < 4.78 is 37.8. The number of anilines is 1. The van der Waals surface area contributed by atoms with Crippen LogP contribution in [-0.4, -0.2) is 63.7 Å². The van der Waals surface area contributed by atoms with Gasteiger partial charge in [0.05, 0.1) is 11.9 Å². The molecule has 0 spiro atoms. The van der Waals surface area contributed by atoms with Gasteiger partial charge in [-0.3, -0.25) is 13.9 Å². The van der Waals surface area contributed by atoms with Gasteiger partial charge in [0.1, 0.15) is 25.8 Å². The molecule has 2 aromatic carbocycles. The number of hydrogen-bond acceptors (Lipinski definition) is 6. The van der Waals surface area contributed by atoms with Crippen molar-refractivity contribution in [1.29, 1.82) is 0 Å². The number of amides is 2. The van der Waals surface area contributed by atoms with E-state index < -0.39 is 28.5 Å². The van der Waals surface area contributed by atoms with E-state index in [-0.39, 0.29) is 18.1 Å². The molecule has 0 saturated carbocycles. The summed E-state index contributed by atoms with van der Waals surface area (Å²) in [5, 5.41) is 2.92. The molecule has 2 amide bonds. The van der Waals surface area contributed by atoms with Crippen molar-refractivity contribution in [3.05, 3.63) is 53.6 Å². The molecule has 0 aliphatic carbocycles. The van der Waals surface area contributed by atoms with Gasteiger partial charge in [-0.2, -0.15) is 0 Å². The lowest BCUT2D eigenvalue weighted by Crippen LogP contribution is -2.52. The summed E-state index contributed by atoms with van der Waals surface area (Å²) in [6, 6.07) is 11.7. The van der Waals surface area contributed by atoms with Gasteiger partial charge in [0, 0.05) is 19.2 Å². The van der Waals surface area contributed by atoms with Gasteiger partial charge < -0.3 is 19.7 Å². The number of hydrogen-bond donors (Lipinski definition) is 1. The highest BCUT2D eigenvalue weighted by Crippen LogP contribution is 2.34. The van der Waals surface area contributed by atoms with Crippen LogP contribution in [0.5, 0.6) is 11.5 Å².